The molecule has 2 amide bonds. The molecule has 228 valence electrons. The fraction of sp³-hybridized carbons (Fsp3) is 0.343. The number of piperazine rings is 1. The van der Waals surface area contributed by atoms with Crippen LogP contribution in [-0.2, 0) is 4.79 Å². The van der Waals surface area contributed by atoms with Gasteiger partial charge in [0.1, 0.15) is 0 Å². The van der Waals surface area contributed by atoms with E-state index >= 15 is 0 Å². The summed E-state index contributed by atoms with van der Waals surface area (Å²) in [7, 11) is 3.91. The molecule has 0 unspecified atom stereocenters. The Morgan fingerprint density at radius 3 is 2.27 bits per heavy atom. The number of nitrogens with zero attached hydrogens (tertiary/aromatic N) is 5. The molecule has 2 N–H and O–H groups in total. The molecule has 2 saturated heterocycles. The van der Waals surface area contributed by atoms with E-state index in [0.29, 0.717) is 34.6 Å². The third kappa shape index (κ3) is 6.39. The molecule has 2 aliphatic heterocycles. The number of fused-ring (bicyclic) bond motifs is 1. The van der Waals surface area contributed by atoms with Crippen molar-refractivity contribution in [2.24, 2.45) is 4.99 Å². The van der Waals surface area contributed by atoms with E-state index in [1.165, 1.54) is 0 Å². The first-order chi connectivity index (χ1) is 21.4. The molecule has 2 fully saturated rings. The molecule has 0 aliphatic carbocycles. The minimum absolute atomic E-state index is 0.00367. The summed E-state index contributed by atoms with van der Waals surface area (Å²) in [5, 5.41) is 12.0. The molecule has 0 saturated carbocycles. The molecule has 0 atom stereocenters. The molecule has 1 aromatic heterocycles. The number of nitrogens with one attached hydrogen (secondary N) is 1. The average Bonchev–Trinajstić information content (AvgIpc) is 3.39. The van der Waals surface area contributed by atoms with Crippen LogP contribution in [0.15, 0.2) is 77.8 Å². The lowest BCUT2D eigenvalue weighted by Crippen LogP contribution is -2.48. The molecule has 3 aromatic carbocycles. The highest BCUT2D eigenvalue weighted by Crippen LogP contribution is 2.33. The molecule has 0 spiro atoms. The maximum absolute atomic E-state index is 13.2. The van der Waals surface area contributed by atoms with Crippen LogP contribution in [0.5, 0.6) is 5.88 Å². The number of aromatic hydroxyl groups is 1. The average molecular weight is 593 g/mol. The smallest absolute Gasteiger partial charge is 0.253 e. The van der Waals surface area contributed by atoms with Crippen molar-refractivity contribution in [3.8, 4) is 5.88 Å². The second-order valence-electron chi connectivity index (χ2n) is 11.8. The summed E-state index contributed by atoms with van der Waals surface area (Å²) in [5.74, 6) is 0.0694. The SMILES string of the molecule is CN1CCN(CC(=O)N(C)c2ccc(N=C(c3ccccc3)c3c(O)[nH]c4cc(C(=O)N5CCCCC5)ccc34)cc2)CC1. The van der Waals surface area contributed by atoms with Crippen molar-refractivity contribution >= 4 is 39.8 Å². The van der Waals surface area contributed by atoms with E-state index in [4.69, 9.17) is 4.99 Å². The number of H-pyrrole nitrogens is 1. The van der Waals surface area contributed by atoms with E-state index in [0.717, 1.165) is 75.2 Å². The summed E-state index contributed by atoms with van der Waals surface area (Å²) in [6, 6.07) is 22.9. The second-order valence-corrected chi connectivity index (χ2v) is 11.8. The third-order valence-corrected chi connectivity index (χ3v) is 8.76. The molecule has 2 aliphatic rings. The van der Waals surface area contributed by atoms with Crippen molar-refractivity contribution in [2.45, 2.75) is 19.3 Å². The number of hydrogen-bond donors (Lipinski definition) is 2. The molecule has 6 rings (SSSR count). The first-order valence-corrected chi connectivity index (χ1v) is 15.4. The molecular weight excluding hydrogens is 552 g/mol. The van der Waals surface area contributed by atoms with Gasteiger partial charge in [-0.2, -0.15) is 0 Å². The third-order valence-electron chi connectivity index (χ3n) is 8.76. The number of hydrogen-bond acceptors (Lipinski definition) is 6. The lowest BCUT2D eigenvalue weighted by molar-refractivity contribution is -0.119. The van der Waals surface area contributed by atoms with Crippen LogP contribution in [-0.4, -0.2) is 102 Å². The lowest BCUT2D eigenvalue weighted by Gasteiger charge is -2.32. The van der Waals surface area contributed by atoms with Gasteiger partial charge in [0.25, 0.3) is 5.91 Å². The standard InChI is InChI=1S/C35H40N6O3/c1-38-19-21-40(22-20-38)24-31(42)39(2)28-14-12-27(13-15-28)36-33(25-9-5-3-6-10-25)32-29-16-11-26(23-30(29)37-34(32)43)35(44)41-17-7-4-8-18-41/h3,5-6,9-16,23,37,43H,4,7-8,17-22,24H2,1-2H3. The normalized spacial score (nSPS) is 16.8. The number of carbonyl (C=O) groups excluding carboxylic acids is 2. The Morgan fingerprint density at radius 1 is 0.864 bits per heavy atom. The van der Waals surface area contributed by atoms with Crippen molar-refractivity contribution in [3.63, 3.8) is 0 Å². The quantitative estimate of drug-likeness (QED) is 0.299. The predicted molar refractivity (Wildman–Crippen MR) is 175 cm³/mol. The van der Waals surface area contributed by atoms with Crippen LogP contribution in [0.3, 0.4) is 0 Å². The highest BCUT2D eigenvalue weighted by atomic mass is 16.3. The zero-order chi connectivity index (χ0) is 30.6. The van der Waals surface area contributed by atoms with Gasteiger partial charge in [-0.25, -0.2) is 4.99 Å². The number of piperidine rings is 1. The van der Waals surface area contributed by atoms with E-state index in [-0.39, 0.29) is 17.7 Å². The Balaban J connectivity index is 1.28. The zero-order valence-electron chi connectivity index (χ0n) is 25.5. The lowest BCUT2D eigenvalue weighted by atomic mass is 9.99. The molecule has 44 heavy (non-hydrogen) atoms. The van der Waals surface area contributed by atoms with Gasteiger partial charge in [-0.3, -0.25) is 14.5 Å². The van der Waals surface area contributed by atoms with Crippen LogP contribution >= 0.6 is 0 Å². The second kappa shape index (κ2) is 13.0. The van der Waals surface area contributed by atoms with E-state index in [1.807, 2.05) is 77.7 Å². The fourth-order valence-electron chi connectivity index (χ4n) is 6.02. The van der Waals surface area contributed by atoms with Gasteiger partial charge in [-0.1, -0.05) is 36.4 Å². The van der Waals surface area contributed by atoms with Gasteiger partial charge < -0.3 is 24.8 Å². The van der Waals surface area contributed by atoms with Gasteiger partial charge in [-0.05, 0) is 62.7 Å². The maximum atomic E-state index is 13.2. The summed E-state index contributed by atoms with van der Waals surface area (Å²) in [4.78, 5) is 42.3. The summed E-state index contributed by atoms with van der Waals surface area (Å²) in [6.45, 7) is 5.68. The Kier molecular flexibility index (Phi) is 8.77. The summed E-state index contributed by atoms with van der Waals surface area (Å²) in [6.07, 6.45) is 3.22. The Hall–Kier alpha value is -4.47. The number of benzene rings is 3. The van der Waals surface area contributed by atoms with Crippen molar-refractivity contribution in [1.82, 2.24) is 19.7 Å². The number of amides is 2. The Morgan fingerprint density at radius 2 is 1.57 bits per heavy atom. The van der Waals surface area contributed by atoms with Crippen molar-refractivity contribution in [2.75, 3.05) is 64.8 Å². The van der Waals surface area contributed by atoms with Crippen LogP contribution in [0, 0.1) is 0 Å². The molecule has 9 heteroatoms. The fourth-order valence-corrected chi connectivity index (χ4v) is 6.02. The molecule has 0 radical (unpaired) electrons. The van der Waals surface area contributed by atoms with Gasteiger partial charge in [0.2, 0.25) is 5.91 Å². The van der Waals surface area contributed by atoms with Crippen LogP contribution in [0.2, 0.25) is 0 Å². The number of likely N-dealkylation sites (tertiary alicyclic amines) is 1. The number of anilines is 1. The van der Waals surface area contributed by atoms with Gasteiger partial charge in [-0.15, -0.1) is 0 Å². The van der Waals surface area contributed by atoms with Gasteiger partial charge in [0.05, 0.1) is 23.5 Å². The summed E-state index contributed by atoms with van der Waals surface area (Å²) in [5.41, 5.74) is 4.81. The first-order valence-electron chi connectivity index (χ1n) is 15.4. The molecule has 9 nitrogen and oxygen atoms in total. The number of carbonyl (C=O) groups is 2. The first kappa shape index (κ1) is 29.6. The van der Waals surface area contributed by atoms with Gasteiger partial charge >= 0.3 is 0 Å². The molecule has 3 heterocycles. The number of likely N-dealkylation sites (N-methyl/N-ethyl adjacent to an activating group) is 2. The predicted octanol–water partition coefficient (Wildman–Crippen LogP) is 4.88. The molecule has 4 aromatic rings. The van der Waals surface area contributed by atoms with Gasteiger partial charge in [0, 0.05) is 74.0 Å². The molecule has 0 bridgehead atoms. The maximum Gasteiger partial charge on any atom is 0.253 e. The number of aliphatic imine (C=N–C) groups is 1. The van der Waals surface area contributed by atoms with Gasteiger partial charge in [0.15, 0.2) is 5.88 Å². The minimum atomic E-state index is -0.00367. The van der Waals surface area contributed by atoms with E-state index in [1.54, 1.807) is 11.9 Å². The highest BCUT2D eigenvalue weighted by Gasteiger charge is 2.23. The summed E-state index contributed by atoms with van der Waals surface area (Å²) < 4.78 is 0. The molecular formula is C35H40N6O3. The minimum Gasteiger partial charge on any atom is -0.494 e. The number of rotatable bonds is 7. The van der Waals surface area contributed by atoms with E-state index in [9.17, 15) is 14.7 Å². The largest absolute Gasteiger partial charge is 0.494 e. The Bertz CT molecular complexity index is 1650. The van der Waals surface area contributed by atoms with Crippen LogP contribution in [0.4, 0.5) is 11.4 Å². The monoisotopic (exact) mass is 592 g/mol. The topological polar surface area (TPSA) is 95.5 Å². The van der Waals surface area contributed by atoms with Crippen molar-refractivity contribution in [1.29, 1.82) is 0 Å². The number of aromatic amines is 1. The van der Waals surface area contributed by atoms with Crippen LogP contribution < -0.4 is 4.90 Å². The van der Waals surface area contributed by atoms with E-state index < -0.39 is 0 Å². The van der Waals surface area contributed by atoms with Crippen LogP contribution in [0.25, 0.3) is 10.9 Å². The van der Waals surface area contributed by atoms with Crippen molar-refractivity contribution < 1.29 is 14.7 Å². The van der Waals surface area contributed by atoms with E-state index in [2.05, 4.69) is 21.8 Å². The van der Waals surface area contributed by atoms with Crippen LogP contribution in [0.1, 0.15) is 40.7 Å². The Labute approximate surface area is 258 Å². The zero-order valence-corrected chi connectivity index (χ0v) is 25.5. The summed E-state index contributed by atoms with van der Waals surface area (Å²) >= 11 is 0. The van der Waals surface area contributed by atoms with Crippen molar-refractivity contribution in [3.05, 3.63) is 89.5 Å². The highest BCUT2D eigenvalue weighted by molar-refractivity contribution is 6.22. The number of aromatic nitrogens is 1.